The standard InChI is InChI=1S/C13H18O4/c1-5-11(4)17-13(15)7-6-12(14)16-9-8-10(2)3/h1,11H,2,6-9H2,3-4H3. The number of esters is 2. The summed E-state index contributed by atoms with van der Waals surface area (Å²) in [7, 11) is 0. The Morgan fingerprint density at radius 3 is 2.41 bits per heavy atom. The molecule has 0 saturated heterocycles. The van der Waals surface area contributed by atoms with Gasteiger partial charge in [0.05, 0.1) is 19.4 Å². The molecule has 0 aliphatic heterocycles. The SMILES string of the molecule is C#CC(C)OC(=O)CCC(=O)OCCC(=C)C. The summed E-state index contributed by atoms with van der Waals surface area (Å²) in [5.41, 5.74) is 0.944. The molecular formula is C13H18O4. The number of hydrogen-bond acceptors (Lipinski definition) is 4. The molecule has 0 rings (SSSR count). The third-order valence-corrected chi connectivity index (χ3v) is 1.87. The molecule has 17 heavy (non-hydrogen) atoms. The van der Waals surface area contributed by atoms with Crippen LogP contribution in [0.25, 0.3) is 0 Å². The third-order valence-electron chi connectivity index (χ3n) is 1.87. The zero-order valence-corrected chi connectivity index (χ0v) is 10.3. The molecule has 0 saturated carbocycles. The monoisotopic (exact) mass is 238 g/mol. The second kappa shape index (κ2) is 8.40. The fourth-order valence-electron chi connectivity index (χ4n) is 0.906. The van der Waals surface area contributed by atoms with E-state index in [1.165, 1.54) is 0 Å². The number of hydrogen-bond donors (Lipinski definition) is 0. The first-order chi connectivity index (χ1) is 7.95. The fourth-order valence-corrected chi connectivity index (χ4v) is 0.906. The van der Waals surface area contributed by atoms with Crippen LogP contribution in [-0.2, 0) is 19.1 Å². The minimum Gasteiger partial charge on any atom is -0.465 e. The lowest BCUT2D eigenvalue weighted by Crippen LogP contribution is -2.15. The highest BCUT2D eigenvalue weighted by Crippen LogP contribution is 2.01. The molecular weight excluding hydrogens is 220 g/mol. The van der Waals surface area contributed by atoms with Crippen molar-refractivity contribution in [3.8, 4) is 12.3 Å². The van der Waals surface area contributed by atoms with Crippen LogP contribution in [0.4, 0.5) is 0 Å². The van der Waals surface area contributed by atoms with E-state index in [0.29, 0.717) is 13.0 Å². The maximum Gasteiger partial charge on any atom is 0.307 e. The van der Waals surface area contributed by atoms with Crippen molar-refractivity contribution in [3.05, 3.63) is 12.2 Å². The lowest BCUT2D eigenvalue weighted by atomic mass is 10.2. The van der Waals surface area contributed by atoms with Crippen LogP contribution < -0.4 is 0 Å². The van der Waals surface area contributed by atoms with E-state index in [-0.39, 0.29) is 12.8 Å². The molecule has 0 aliphatic carbocycles. The number of rotatable bonds is 7. The molecule has 0 aromatic carbocycles. The van der Waals surface area contributed by atoms with Crippen LogP contribution in [0.1, 0.15) is 33.1 Å². The molecule has 94 valence electrons. The van der Waals surface area contributed by atoms with Gasteiger partial charge in [0.15, 0.2) is 6.10 Å². The zero-order chi connectivity index (χ0) is 13.3. The quantitative estimate of drug-likeness (QED) is 0.386. The average molecular weight is 238 g/mol. The van der Waals surface area contributed by atoms with Crippen molar-refractivity contribution >= 4 is 11.9 Å². The van der Waals surface area contributed by atoms with Gasteiger partial charge >= 0.3 is 11.9 Å². The molecule has 1 atom stereocenters. The summed E-state index contributed by atoms with van der Waals surface area (Å²) < 4.78 is 9.68. The van der Waals surface area contributed by atoms with Gasteiger partial charge in [0, 0.05) is 6.42 Å². The second-order valence-corrected chi connectivity index (χ2v) is 3.73. The van der Waals surface area contributed by atoms with Gasteiger partial charge in [-0.15, -0.1) is 13.0 Å². The van der Waals surface area contributed by atoms with Crippen LogP contribution in [-0.4, -0.2) is 24.6 Å². The van der Waals surface area contributed by atoms with E-state index in [0.717, 1.165) is 5.57 Å². The Balaban J connectivity index is 3.67. The van der Waals surface area contributed by atoms with Gasteiger partial charge in [0.25, 0.3) is 0 Å². The van der Waals surface area contributed by atoms with E-state index in [4.69, 9.17) is 15.9 Å². The highest BCUT2D eigenvalue weighted by Gasteiger charge is 2.10. The van der Waals surface area contributed by atoms with Crippen molar-refractivity contribution in [2.45, 2.75) is 39.2 Å². The fraction of sp³-hybridized carbons (Fsp3) is 0.538. The summed E-state index contributed by atoms with van der Waals surface area (Å²) in [5.74, 6) is 1.35. The van der Waals surface area contributed by atoms with Crippen LogP contribution in [0.5, 0.6) is 0 Å². The molecule has 0 aromatic rings. The number of ether oxygens (including phenoxy) is 2. The van der Waals surface area contributed by atoms with Gasteiger partial charge in [-0.2, -0.15) is 0 Å². The smallest absolute Gasteiger partial charge is 0.307 e. The van der Waals surface area contributed by atoms with Crippen molar-refractivity contribution in [3.63, 3.8) is 0 Å². The first kappa shape index (κ1) is 15.2. The first-order valence-electron chi connectivity index (χ1n) is 5.41. The van der Waals surface area contributed by atoms with E-state index in [1.54, 1.807) is 6.92 Å². The Bertz CT molecular complexity index is 325. The molecule has 0 aromatic heterocycles. The second-order valence-electron chi connectivity index (χ2n) is 3.73. The molecule has 4 nitrogen and oxygen atoms in total. The normalized spacial score (nSPS) is 11.1. The summed E-state index contributed by atoms with van der Waals surface area (Å²) in [6, 6.07) is 0. The minimum absolute atomic E-state index is 0.00627. The summed E-state index contributed by atoms with van der Waals surface area (Å²) in [6.45, 7) is 7.42. The average Bonchev–Trinajstić information content (AvgIpc) is 2.25. The summed E-state index contributed by atoms with van der Waals surface area (Å²) in [6.07, 6.45) is 5.10. The van der Waals surface area contributed by atoms with Gasteiger partial charge in [-0.1, -0.05) is 11.5 Å². The largest absolute Gasteiger partial charge is 0.465 e. The maximum absolute atomic E-state index is 11.2. The molecule has 4 heteroatoms. The number of terminal acetylenes is 1. The molecule has 0 heterocycles. The summed E-state index contributed by atoms with van der Waals surface area (Å²) >= 11 is 0. The lowest BCUT2D eigenvalue weighted by molar-refractivity contribution is -0.151. The topological polar surface area (TPSA) is 52.6 Å². The van der Waals surface area contributed by atoms with Crippen LogP contribution in [0.15, 0.2) is 12.2 Å². The van der Waals surface area contributed by atoms with E-state index in [1.807, 2.05) is 6.92 Å². The van der Waals surface area contributed by atoms with Crippen molar-refractivity contribution < 1.29 is 19.1 Å². The molecule has 0 spiro atoms. The number of carbonyl (C=O) groups excluding carboxylic acids is 2. The first-order valence-corrected chi connectivity index (χ1v) is 5.41. The lowest BCUT2D eigenvalue weighted by Gasteiger charge is -2.07. The number of carbonyl (C=O) groups is 2. The molecule has 0 amide bonds. The molecule has 0 aliphatic rings. The van der Waals surface area contributed by atoms with Crippen LogP contribution in [0.2, 0.25) is 0 Å². The molecule has 0 radical (unpaired) electrons. The third kappa shape index (κ3) is 9.19. The Morgan fingerprint density at radius 2 is 1.88 bits per heavy atom. The van der Waals surface area contributed by atoms with Gasteiger partial charge in [-0.25, -0.2) is 0 Å². The molecule has 1 unspecified atom stereocenters. The van der Waals surface area contributed by atoms with Crippen molar-refractivity contribution in [2.24, 2.45) is 0 Å². The van der Waals surface area contributed by atoms with Crippen LogP contribution in [0, 0.1) is 12.3 Å². The van der Waals surface area contributed by atoms with E-state index in [2.05, 4.69) is 12.5 Å². The van der Waals surface area contributed by atoms with Crippen LogP contribution in [0.3, 0.4) is 0 Å². The van der Waals surface area contributed by atoms with Crippen LogP contribution >= 0.6 is 0 Å². The van der Waals surface area contributed by atoms with E-state index in [9.17, 15) is 9.59 Å². The molecule has 0 bridgehead atoms. The Hall–Kier alpha value is -1.76. The van der Waals surface area contributed by atoms with Gasteiger partial charge < -0.3 is 9.47 Å². The molecule has 0 fully saturated rings. The highest BCUT2D eigenvalue weighted by molar-refractivity contribution is 5.77. The van der Waals surface area contributed by atoms with E-state index < -0.39 is 18.0 Å². The van der Waals surface area contributed by atoms with Crippen molar-refractivity contribution in [1.82, 2.24) is 0 Å². The predicted molar refractivity (Wildman–Crippen MR) is 64.0 cm³/mol. The minimum atomic E-state index is -0.568. The Labute approximate surface area is 102 Å². The van der Waals surface area contributed by atoms with Crippen molar-refractivity contribution in [2.75, 3.05) is 6.61 Å². The van der Waals surface area contributed by atoms with E-state index >= 15 is 0 Å². The Morgan fingerprint density at radius 1 is 1.29 bits per heavy atom. The summed E-state index contributed by atoms with van der Waals surface area (Å²) in [4.78, 5) is 22.3. The maximum atomic E-state index is 11.2. The predicted octanol–water partition coefficient (Wildman–Crippen LogP) is 1.84. The van der Waals surface area contributed by atoms with Gasteiger partial charge in [0.2, 0.25) is 0 Å². The summed E-state index contributed by atoms with van der Waals surface area (Å²) in [5, 5.41) is 0. The van der Waals surface area contributed by atoms with Gasteiger partial charge in [-0.3, -0.25) is 9.59 Å². The van der Waals surface area contributed by atoms with Gasteiger partial charge in [0.1, 0.15) is 0 Å². The van der Waals surface area contributed by atoms with Crippen molar-refractivity contribution in [1.29, 1.82) is 0 Å². The molecule has 0 N–H and O–H groups in total. The highest BCUT2D eigenvalue weighted by atomic mass is 16.5. The van der Waals surface area contributed by atoms with Gasteiger partial charge in [-0.05, 0) is 13.8 Å². The Kier molecular flexibility index (Phi) is 7.53. The zero-order valence-electron chi connectivity index (χ0n) is 10.3.